The minimum atomic E-state index is 0.456. The van der Waals surface area contributed by atoms with Crippen molar-refractivity contribution >= 4 is 0 Å². The van der Waals surface area contributed by atoms with Gasteiger partial charge in [-0.05, 0) is 56.7 Å². The molecular formula is C17H36N2. The van der Waals surface area contributed by atoms with Gasteiger partial charge in [0, 0.05) is 12.6 Å². The third kappa shape index (κ3) is 5.43. The van der Waals surface area contributed by atoms with Gasteiger partial charge in [-0.1, -0.05) is 41.0 Å². The van der Waals surface area contributed by atoms with E-state index >= 15 is 0 Å². The molecule has 1 fully saturated rings. The highest BCUT2D eigenvalue weighted by atomic mass is 15.1. The van der Waals surface area contributed by atoms with Gasteiger partial charge < -0.3 is 10.2 Å². The lowest BCUT2D eigenvalue weighted by molar-refractivity contribution is 0.0853. The molecule has 19 heavy (non-hydrogen) atoms. The summed E-state index contributed by atoms with van der Waals surface area (Å²) in [6.07, 6.45) is 5.49. The number of hydrogen-bond donors (Lipinski definition) is 1. The second kappa shape index (κ2) is 7.64. The maximum atomic E-state index is 3.77. The maximum Gasteiger partial charge on any atom is 0.0159 e. The normalized spacial score (nSPS) is 27.2. The summed E-state index contributed by atoms with van der Waals surface area (Å²) >= 11 is 0. The van der Waals surface area contributed by atoms with E-state index < -0.39 is 0 Å². The van der Waals surface area contributed by atoms with E-state index in [2.05, 4.69) is 51.9 Å². The summed E-state index contributed by atoms with van der Waals surface area (Å²) in [5.74, 6) is 1.63. The van der Waals surface area contributed by atoms with Gasteiger partial charge in [-0.2, -0.15) is 0 Å². The molecule has 0 aromatic carbocycles. The van der Waals surface area contributed by atoms with Crippen LogP contribution in [0.1, 0.15) is 60.3 Å². The predicted molar refractivity (Wildman–Crippen MR) is 85.5 cm³/mol. The van der Waals surface area contributed by atoms with Crippen LogP contribution in [0.25, 0.3) is 0 Å². The number of nitrogens with one attached hydrogen (secondary N) is 1. The van der Waals surface area contributed by atoms with Crippen LogP contribution >= 0.6 is 0 Å². The van der Waals surface area contributed by atoms with Crippen molar-refractivity contribution in [2.24, 2.45) is 17.3 Å². The summed E-state index contributed by atoms with van der Waals surface area (Å²) in [4.78, 5) is 2.55. The van der Waals surface area contributed by atoms with Crippen LogP contribution in [0.2, 0.25) is 0 Å². The molecule has 1 N–H and O–H groups in total. The highest BCUT2D eigenvalue weighted by Gasteiger charge is 2.38. The molecule has 0 radical (unpaired) electrons. The molecule has 0 aromatic heterocycles. The highest BCUT2D eigenvalue weighted by molar-refractivity contribution is 4.94. The van der Waals surface area contributed by atoms with Crippen molar-refractivity contribution in [2.45, 2.75) is 66.3 Å². The number of rotatable bonds is 7. The molecule has 2 nitrogen and oxygen atoms in total. The third-order valence-corrected chi connectivity index (χ3v) is 4.77. The van der Waals surface area contributed by atoms with Crippen LogP contribution in [-0.4, -0.2) is 37.6 Å². The van der Waals surface area contributed by atoms with E-state index in [1.165, 1.54) is 38.8 Å². The summed E-state index contributed by atoms with van der Waals surface area (Å²) < 4.78 is 0. The van der Waals surface area contributed by atoms with Crippen LogP contribution in [-0.2, 0) is 0 Å². The van der Waals surface area contributed by atoms with Crippen molar-refractivity contribution in [3.05, 3.63) is 0 Å². The Bertz CT molecular complexity index is 248. The lowest BCUT2D eigenvalue weighted by Crippen LogP contribution is -2.52. The fraction of sp³-hybridized carbons (Fsp3) is 1.00. The molecule has 114 valence electrons. The zero-order valence-corrected chi connectivity index (χ0v) is 14.1. The summed E-state index contributed by atoms with van der Waals surface area (Å²) in [6, 6.07) is 0.688. The van der Waals surface area contributed by atoms with Gasteiger partial charge in [0.1, 0.15) is 0 Å². The Morgan fingerprint density at radius 3 is 2.58 bits per heavy atom. The van der Waals surface area contributed by atoms with Gasteiger partial charge >= 0.3 is 0 Å². The molecule has 1 rings (SSSR count). The van der Waals surface area contributed by atoms with E-state index in [9.17, 15) is 0 Å². The second-order valence-corrected chi connectivity index (χ2v) is 7.62. The first-order valence-corrected chi connectivity index (χ1v) is 8.28. The SMILES string of the molecule is CCNC1C(CN(C)CCC(C)C)CCCC1(C)C. The predicted octanol–water partition coefficient (Wildman–Crippen LogP) is 3.77. The van der Waals surface area contributed by atoms with Crippen LogP contribution in [0.4, 0.5) is 0 Å². The van der Waals surface area contributed by atoms with E-state index in [1.54, 1.807) is 0 Å². The summed E-state index contributed by atoms with van der Waals surface area (Å²) in [6.45, 7) is 15.4. The molecule has 2 heteroatoms. The van der Waals surface area contributed by atoms with E-state index in [-0.39, 0.29) is 0 Å². The third-order valence-electron chi connectivity index (χ3n) is 4.77. The first-order chi connectivity index (χ1) is 8.86. The molecule has 2 unspecified atom stereocenters. The number of nitrogens with zero attached hydrogens (tertiary/aromatic N) is 1. The van der Waals surface area contributed by atoms with Gasteiger partial charge in [-0.25, -0.2) is 0 Å². The van der Waals surface area contributed by atoms with Crippen molar-refractivity contribution in [1.29, 1.82) is 0 Å². The average Bonchev–Trinajstić information content (AvgIpc) is 2.31. The second-order valence-electron chi connectivity index (χ2n) is 7.62. The zero-order chi connectivity index (χ0) is 14.5. The molecule has 1 aliphatic carbocycles. The molecular weight excluding hydrogens is 232 g/mol. The van der Waals surface area contributed by atoms with Crippen molar-refractivity contribution in [3.63, 3.8) is 0 Å². The minimum absolute atomic E-state index is 0.456. The Morgan fingerprint density at radius 2 is 2.00 bits per heavy atom. The number of hydrogen-bond acceptors (Lipinski definition) is 2. The van der Waals surface area contributed by atoms with Crippen molar-refractivity contribution in [2.75, 3.05) is 26.7 Å². The van der Waals surface area contributed by atoms with Crippen molar-refractivity contribution in [3.8, 4) is 0 Å². The van der Waals surface area contributed by atoms with E-state index in [0.717, 1.165) is 18.4 Å². The quantitative estimate of drug-likeness (QED) is 0.756. The molecule has 0 aliphatic heterocycles. The molecule has 1 aliphatic rings. The fourth-order valence-corrected chi connectivity index (χ4v) is 3.61. The molecule has 0 aromatic rings. The summed E-state index contributed by atoms with van der Waals surface area (Å²) in [5.41, 5.74) is 0.456. The monoisotopic (exact) mass is 268 g/mol. The smallest absolute Gasteiger partial charge is 0.0159 e. The first-order valence-electron chi connectivity index (χ1n) is 8.28. The summed E-state index contributed by atoms with van der Waals surface area (Å²) in [7, 11) is 2.30. The van der Waals surface area contributed by atoms with Crippen LogP contribution < -0.4 is 5.32 Å². The maximum absolute atomic E-state index is 3.77. The lowest BCUT2D eigenvalue weighted by Gasteiger charge is -2.45. The van der Waals surface area contributed by atoms with Gasteiger partial charge in [-0.3, -0.25) is 0 Å². The zero-order valence-electron chi connectivity index (χ0n) is 14.1. The van der Waals surface area contributed by atoms with Gasteiger partial charge in [0.05, 0.1) is 0 Å². The Kier molecular flexibility index (Phi) is 6.82. The fourth-order valence-electron chi connectivity index (χ4n) is 3.61. The molecule has 2 atom stereocenters. The Hall–Kier alpha value is -0.0800. The van der Waals surface area contributed by atoms with Crippen LogP contribution in [0.5, 0.6) is 0 Å². The van der Waals surface area contributed by atoms with Gasteiger partial charge in [0.2, 0.25) is 0 Å². The van der Waals surface area contributed by atoms with E-state index in [1.807, 2.05) is 0 Å². The Balaban J connectivity index is 2.53. The van der Waals surface area contributed by atoms with Crippen LogP contribution in [0, 0.1) is 17.3 Å². The van der Waals surface area contributed by atoms with Gasteiger partial charge in [-0.15, -0.1) is 0 Å². The molecule has 1 saturated carbocycles. The average molecular weight is 268 g/mol. The van der Waals surface area contributed by atoms with Crippen LogP contribution in [0.15, 0.2) is 0 Å². The molecule has 0 heterocycles. The Morgan fingerprint density at radius 1 is 1.32 bits per heavy atom. The molecule has 0 spiro atoms. The first kappa shape index (κ1) is 17.0. The van der Waals surface area contributed by atoms with Gasteiger partial charge in [0.25, 0.3) is 0 Å². The van der Waals surface area contributed by atoms with E-state index in [4.69, 9.17) is 0 Å². The standard InChI is InChI=1S/C17H36N2/c1-7-18-16-15(9-8-11-17(16,4)5)13-19(6)12-10-14(2)3/h14-16,18H,7-13H2,1-6H3. The van der Waals surface area contributed by atoms with Crippen molar-refractivity contribution < 1.29 is 0 Å². The minimum Gasteiger partial charge on any atom is -0.313 e. The van der Waals surface area contributed by atoms with Crippen LogP contribution in [0.3, 0.4) is 0 Å². The summed E-state index contributed by atoms with van der Waals surface area (Å²) in [5, 5.41) is 3.77. The van der Waals surface area contributed by atoms with Gasteiger partial charge in [0.15, 0.2) is 0 Å². The van der Waals surface area contributed by atoms with E-state index in [0.29, 0.717) is 11.5 Å². The molecule has 0 saturated heterocycles. The highest BCUT2D eigenvalue weighted by Crippen LogP contribution is 2.39. The molecule has 0 bridgehead atoms. The Labute approximate surface area is 121 Å². The topological polar surface area (TPSA) is 15.3 Å². The van der Waals surface area contributed by atoms with Crippen molar-refractivity contribution in [1.82, 2.24) is 10.2 Å². The molecule has 0 amide bonds. The lowest BCUT2D eigenvalue weighted by atomic mass is 9.67. The largest absolute Gasteiger partial charge is 0.313 e.